The molecule has 2 aromatic rings. The molecule has 2 atom stereocenters. The SMILES string of the molecule is N[C@H]1CC(CCc2ccccc2)Oc2ccc(Br)cc21. The van der Waals surface area contributed by atoms with Gasteiger partial charge in [0.25, 0.3) is 0 Å². The third-order valence-electron chi connectivity index (χ3n) is 3.78. The van der Waals surface area contributed by atoms with Crippen LogP contribution in [-0.4, -0.2) is 6.10 Å². The van der Waals surface area contributed by atoms with Gasteiger partial charge in [0.1, 0.15) is 11.9 Å². The Kier molecular flexibility index (Phi) is 4.08. The summed E-state index contributed by atoms with van der Waals surface area (Å²) >= 11 is 3.48. The minimum atomic E-state index is 0.0667. The molecule has 2 nitrogen and oxygen atoms in total. The molecule has 0 bridgehead atoms. The van der Waals surface area contributed by atoms with E-state index in [1.807, 2.05) is 18.2 Å². The number of hydrogen-bond donors (Lipinski definition) is 1. The molecule has 1 heterocycles. The highest BCUT2D eigenvalue weighted by Crippen LogP contribution is 2.36. The number of nitrogens with two attached hydrogens (primary N) is 1. The highest BCUT2D eigenvalue weighted by Gasteiger charge is 2.25. The summed E-state index contributed by atoms with van der Waals surface area (Å²) in [5.41, 5.74) is 8.73. The van der Waals surface area contributed by atoms with Crippen molar-refractivity contribution in [3.05, 3.63) is 64.1 Å². The van der Waals surface area contributed by atoms with Crippen molar-refractivity contribution in [1.29, 1.82) is 0 Å². The van der Waals surface area contributed by atoms with E-state index in [0.717, 1.165) is 35.0 Å². The molecule has 2 N–H and O–H groups in total. The van der Waals surface area contributed by atoms with Gasteiger partial charge in [-0.05, 0) is 36.6 Å². The number of hydrogen-bond acceptors (Lipinski definition) is 2. The van der Waals surface area contributed by atoms with Crippen LogP contribution < -0.4 is 10.5 Å². The van der Waals surface area contributed by atoms with Crippen molar-refractivity contribution in [3.63, 3.8) is 0 Å². The maximum atomic E-state index is 6.27. The third-order valence-corrected chi connectivity index (χ3v) is 4.27. The Labute approximate surface area is 128 Å². The van der Waals surface area contributed by atoms with E-state index in [-0.39, 0.29) is 12.1 Å². The highest BCUT2D eigenvalue weighted by atomic mass is 79.9. The van der Waals surface area contributed by atoms with Gasteiger partial charge < -0.3 is 10.5 Å². The fourth-order valence-electron chi connectivity index (χ4n) is 2.70. The van der Waals surface area contributed by atoms with Crippen LogP contribution in [-0.2, 0) is 6.42 Å². The van der Waals surface area contributed by atoms with Crippen molar-refractivity contribution in [2.75, 3.05) is 0 Å². The van der Waals surface area contributed by atoms with Crippen molar-refractivity contribution in [3.8, 4) is 5.75 Å². The van der Waals surface area contributed by atoms with Crippen LogP contribution in [0.1, 0.15) is 30.0 Å². The van der Waals surface area contributed by atoms with Gasteiger partial charge in [-0.3, -0.25) is 0 Å². The quantitative estimate of drug-likeness (QED) is 0.913. The largest absolute Gasteiger partial charge is 0.490 e. The van der Waals surface area contributed by atoms with Crippen LogP contribution in [0.15, 0.2) is 53.0 Å². The number of fused-ring (bicyclic) bond motifs is 1. The van der Waals surface area contributed by atoms with Crippen LogP contribution in [0.25, 0.3) is 0 Å². The Hall–Kier alpha value is -1.32. The minimum Gasteiger partial charge on any atom is -0.490 e. The molecule has 1 unspecified atom stereocenters. The van der Waals surface area contributed by atoms with Crippen molar-refractivity contribution in [1.82, 2.24) is 0 Å². The summed E-state index contributed by atoms with van der Waals surface area (Å²) in [6.45, 7) is 0. The van der Waals surface area contributed by atoms with E-state index in [2.05, 4.69) is 46.3 Å². The predicted molar refractivity (Wildman–Crippen MR) is 84.9 cm³/mol. The molecule has 0 amide bonds. The van der Waals surface area contributed by atoms with Crippen LogP contribution in [0.5, 0.6) is 5.75 Å². The van der Waals surface area contributed by atoms with E-state index in [0.29, 0.717) is 0 Å². The first-order valence-electron chi connectivity index (χ1n) is 6.98. The van der Waals surface area contributed by atoms with Gasteiger partial charge in [0.2, 0.25) is 0 Å². The van der Waals surface area contributed by atoms with Gasteiger partial charge in [-0.25, -0.2) is 0 Å². The fourth-order valence-corrected chi connectivity index (χ4v) is 3.08. The Bertz CT molecular complexity index is 585. The first-order chi connectivity index (χ1) is 9.72. The lowest BCUT2D eigenvalue weighted by Gasteiger charge is -2.30. The summed E-state index contributed by atoms with van der Waals surface area (Å²) in [5, 5.41) is 0. The van der Waals surface area contributed by atoms with E-state index in [1.54, 1.807) is 0 Å². The number of aryl methyl sites for hydroxylation is 1. The third kappa shape index (κ3) is 3.05. The van der Waals surface area contributed by atoms with Gasteiger partial charge in [-0.2, -0.15) is 0 Å². The van der Waals surface area contributed by atoms with Crippen LogP contribution in [0.4, 0.5) is 0 Å². The highest BCUT2D eigenvalue weighted by molar-refractivity contribution is 9.10. The monoisotopic (exact) mass is 331 g/mol. The van der Waals surface area contributed by atoms with Crippen LogP contribution in [0, 0.1) is 0 Å². The summed E-state index contributed by atoms with van der Waals surface area (Å²) in [7, 11) is 0. The number of benzene rings is 2. The molecule has 2 aromatic carbocycles. The van der Waals surface area contributed by atoms with Gasteiger partial charge in [-0.15, -0.1) is 0 Å². The molecule has 3 rings (SSSR count). The molecular weight excluding hydrogens is 314 g/mol. The van der Waals surface area contributed by atoms with Crippen molar-refractivity contribution < 1.29 is 4.74 Å². The summed E-state index contributed by atoms with van der Waals surface area (Å²) in [4.78, 5) is 0. The van der Waals surface area contributed by atoms with Gasteiger partial charge in [0.15, 0.2) is 0 Å². The topological polar surface area (TPSA) is 35.2 Å². The predicted octanol–water partition coefficient (Wildman–Crippen LogP) is 4.23. The summed E-state index contributed by atoms with van der Waals surface area (Å²) in [5.74, 6) is 0.935. The molecule has 1 aliphatic rings. The van der Waals surface area contributed by atoms with Gasteiger partial charge in [-0.1, -0.05) is 46.3 Å². The summed E-state index contributed by atoms with van der Waals surface area (Å²) in [6, 6.07) is 16.7. The van der Waals surface area contributed by atoms with Gasteiger partial charge >= 0.3 is 0 Å². The Morgan fingerprint density at radius 2 is 1.95 bits per heavy atom. The number of ether oxygens (including phenoxy) is 1. The van der Waals surface area contributed by atoms with Crippen molar-refractivity contribution in [2.24, 2.45) is 5.73 Å². The zero-order valence-corrected chi connectivity index (χ0v) is 12.8. The van der Waals surface area contributed by atoms with E-state index >= 15 is 0 Å². The van der Waals surface area contributed by atoms with Crippen molar-refractivity contribution in [2.45, 2.75) is 31.4 Å². The minimum absolute atomic E-state index is 0.0667. The van der Waals surface area contributed by atoms with Gasteiger partial charge in [0.05, 0.1) is 0 Å². The molecule has 0 saturated carbocycles. The maximum Gasteiger partial charge on any atom is 0.124 e. The lowest BCUT2D eigenvalue weighted by molar-refractivity contribution is 0.150. The smallest absolute Gasteiger partial charge is 0.124 e. The molecule has 0 fully saturated rings. The molecule has 0 saturated heterocycles. The molecule has 0 spiro atoms. The number of halogens is 1. The molecule has 20 heavy (non-hydrogen) atoms. The summed E-state index contributed by atoms with van der Waals surface area (Å²) < 4.78 is 7.13. The van der Waals surface area contributed by atoms with E-state index in [4.69, 9.17) is 10.5 Å². The van der Waals surface area contributed by atoms with E-state index in [9.17, 15) is 0 Å². The lowest BCUT2D eigenvalue weighted by atomic mass is 9.94. The maximum absolute atomic E-state index is 6.27. The molecule has 104 valence electrons. The van der Waals surface area contributed by atoms with Crippen molar-refractivity contribution >= 4 is 15.9 Å². The first-order valence-corrected chi connectivity index (χ1v) is 7.77. The Balaban J connectivity index is 1.67. The van der Waals surface area contributed by atoms with Crippen LogP contribution in [0.2, 0.25) is 0 Å². The normalized spacial score (nSPS) is 21.1. The van der Waals surface area contributed by atoms with Gasteiger partial charge in [0, 0.05) is 22.5 Å². The average molecular weight is 332 g/mol. The second-order valence-corrected chi connectivity index (χ2v) is 6.20. The molecule has 3 heteroatoms. The zero-order valence-electron chi connectivity index (χ0n) is 11.3. The Morgan fingerprint density at radius 1 is 1.15 bits per heavy atom. The van der Waals surface area contributed by atoms with Crippen LogP contribution in [0.3, 0.4) is 0 Å². The molecule has 1 aliphatic heterocycles. The zero-order chi connectivity index (χ0) is 13.9. The van der Waals surface area contributed by atoms with E-state index in [1.165, 1.54) is 5.56 Å². The average Bonchev–Trinajstić information content (AvgIpc) is 2.47. The molecule has 0 radical (unpaired) electrons. The van der Waals surface area contributed by atoms with E-state index < -0.39 is 0 Å². The second kappa shape index (κ2) is 5.98. The Morgan fingerprint density at radius 3 is 2.75 bits per heavy atom. The van der Waals surface area contributed by atoms with Crippen LogP contribution >= 0.6 is 15.9 Å². The molecule has 0 aromatic heterocycles. The second-order valence-electron chi connectivity index (χ2n) is 5.29. The standard InChI is InChI=1S/C17H18BrNO/c18-13-7-9-17-15(10-13)16(19)11-14(20-17)8-6-12-4-2-1-3-5-12/h1-5,7,9-10,14,16H,6,8,11,19H2/t14?,16-/m0/s1. The summed E-state index contributed by atoms with van der Waals surface area (Å²) in [6.07, 6.45) is 3.13. The molecular formula is C17H18BrNO. The number of rotatable bonds is 3. The first kappa shape index (κ1) is 13.7. The fraction of sp³-hybridized carbons (Fsp3) is 0.294. The molecule has 0 aliphatic carbocycles. The lowest BCUT2D eigenvalue weighted by Crippen LogP contribution is -2.29.